The lowest BCUT2D eigenvalue weighted by atomic mass is 10.3. The summed E-state index contributed by atoms with van der Waals surface area (Å²) in [7, 11) is 1.62. The zero-order chi connectivity index (χ0) is 8.55. The Bertz CT molecular complexity index is 311. The van der Waals surface area contributed by atoms with Crippen molar-refractivity contribution in [2.75, 3.05) is 13.9 Å². The van der Waals surface area contributed by atoms with E-state index in [0.29, 0.717) is 5.75 Å². The Hall–Kier alpha value is -0.650. The van der Waals surface area contributed by atoms with Crippen molar-refractivity contribution in [3.8, 4) is 17.2 Å². The molecule has 0 atom stereocenters. The molecule has 1 aliphatic heterocycles. The van der Waals surface area contributed by atoms with Gasteiger partial charge in [-0.2, -0.15) is 0 Å². The molecule has 1 aromatic carbocycles. The molecule has 0 N–H and O–H groups in total. The quantitative estimate of drug-likeness (QED) is 0.736. The predicted molar refractivity (Wildman–Crippen MR) is 51.8 cm³/mol. The average molecular weight is 278 g/mol. The number of benzene rings is 1. The fourth-order valence-corrected chi connectivity index (χ4v) is 1.66. The lowest BCUT2D eigenvalue weighted by molar-refractivity contribution is 0.171. The Morgan fingerprint density at radius 2 is 2.25 bits per heavy atom. The van der Waals surface area contributed by atoms with Gasteiger partial charge < -0.3 is 14.2 Å². The van der Waals surface area contributed by atoms with Gasteiger partial charge in [-0.05, 0) is 34.7 Å². The number of methoxy groups -OCH3 is 1. The zero-order valence-corrected chi connectivity index (χ0v) is 8.62. The van der Waals surface area contributed by atoms with Gasteiger partial charge in [0.05, 0.1) is 7.11 Å². The Kier molecular flexibility index (Phi) is 2.00. The summed E-state index contributed by atoms with van der Waals surface area (Å²) >= 11 is 2.21. The monoisotopic (exact) mass is 278 g/mol. The van der Waals surface area contributed by atoms with Crippen molar-refractivity contribution in [3.63, 3.8) is 0 Å². The summed E-state index contributed by atoms with van der Waals surface area (Å²) in [6.45, 7) is 0.284. The predicted octanol–water partition coefficient (Wildman–Crippen LogP) is 2.03. The van der Waals surface area contributed by atoms with Crippen LogP contribution in [0.4, 0.5) is 0 Å². The summed E-state index contributed by atoms with van der Waals surface area (Å²) in [6.07, 6.45) is 0. The van der Waals surface area contributed by atoms with E-state index in [4.69, 9.17) is 14.2 Å². The van der Waals surface area contributed by atoms with Crippen molar-refractivity contribution in [1.82, 2.24) is 0 Å². The van der Waals surface area contributed by atoms with E-state index in [1.165, 1.54) is 0 Å². The van der Waals surface area contributed by atoms with Crippen LogP contribution < -0.4 is 14.2 Å². The second-order valence-corrected chi connectivity index (χ2v) is 3.59. The Labute approximate surface area is 83.8 Å². The van der Waals surface area contributed by atoms with E-state index in [0.717, 1.165) is 15.1 Å². The van der Waals surface area contributed by atoms with Gasteiger partial charge in [0.15, 0.2) is 11.5 Å². The number of hydrogen-bond acceptors (Lipinski definition) is 3. The van der Waals surface area contributed by atoms with Crippen LogP contribution in [0.2, 0.25) is 0 Å². The van der Waals surface area contributed by atoms with Crippen LogP contribution in [0.25, 0.3) is 0 Å². The maximum atomic E-state index is 5.22. The minimum Gasteiger partial charge on any atom is -0.493 e. The molecule has 2 rings (SSSR count). The molecule has 1 aromatic rings. The van der Waals surface area contributed by atoms with E-state index in [2.05, 4.69) is 22.6 Å². The molecular formula is C8H7IO3. The van der Waals surface area contributed by atoms with E-state index in [1.54, 1.807) is 7.11 Å². The molecule has 0 unspecified atom stereocenters. The standard InChI is InChI=1S/C8H7IO3/c1-10-6-2-5(9)3-7-8(6)12-4-11-7/h2-3H,4H2,1H3. The third kappa shape index (κ3) is 1.20. The molecule has 0 amide bonds. The molecular weight excluding hydrogens is 271 g/mol. The van der Waals surface area contributed by atoms with Gasteiger partial charge in [0, 0.05) is 3.57 Å². The summed E-state index contributed by atoms with van der Waals surface area (Å²) in [5, 5.41) is 0. The summed E-state index contributed by atoms with van der Waals surface area (Å²) in [6, 6.07) is 3.83. The van der Waals surface area contributed by atoms with Crippen molar-refractivity contribution >= 4 is 22.6 Å². The van der Waals surface area contributed by atoms with Gasteiger partial charge >= 0.3 is 0 Å². The van der Waals surface area contributed by atoms with Gasteiger partial charge in [0.25, 0.3) is 0 Å². The molecule has 12 heavy (non-hydrogen) atoms. The first-order valence-corrected chi connectivity index (χ1v) is 4.52. The molecule has 3 nitrogen and oxygen atoms in total. The zero-order valence-electron chi connectivity index (χ0n) is 6.46. The minimum atomic E-state index is 0.284. The largest absolute Gasteiger partial charge is 0.493 e. The fraction of sp³-hybridized carbons (Fsp3) is 0.250. The average Bonchev–Trinajstić information content (AvgIpc) is 2.50. The molecule has 1 aliphatic rings. The van der Waals surface area contributed by atoms with E-state index >= 15 is 0 Å². The maximum absolute atomic E-state index is 5.22. The van der Waals surface area contributed by atoms with Gasteiger partial charge in [0.2, 0.25) is 12.5 Å². The summed E-state index contributed by atoms with van der Waals surface area (Å²) < 4.78 is 16.6. The number of hydrogen-bond donors (Lipinski definition) is 0. The highest BCUT2D eigenvalue weighted by Gasteiger charge is 2.19. The molecule has 4 heteroatoms. The molecule has 0 saturated carbocycles. The molecule has 1 heterocycles. The van der Waals surface area contributed by atoms with Gasteiger partial charge in [-0.1, -0.05) is 0 Å². The van der Waals surface area contributed by atoms with Gasteiger partial charge in [-0.3, -0.25) is 0 Å². The van der Waals surface area contributed by atoms with E-state index < -0.39 is 0 Å². The van der Waals surface area contributed by atoms with Crippen LogP contribution in [0.5, 0.6) is 17.2 Å². The van der Waals surface area contributed by atoms with Crippen molar-refractivity contribution in [2.45, 2.75) is 0 Å². The fourth-order valence-electron chi connectivity index (χ4n) is 1.10. The van der Waals surface area contributed by atoms with Gasteiger partial charge in [-0.25, -0.2) is 0 Å². The molecule has 0 spiro atoms. The lowest BCUT2D eigenvalue weighted by Gasteiger charge is -2.04. The van der Waals surface area contributed by atoms with E-state index in [-0.39, 0.29) is 6.79 Å². The van der Waals surface area contributed by atoms with Crippen LogP contribution in [0.3, 0.4) is 0 Å². The first kappa shape index (κ1) is 7.97. The Balaban J connectivity index is 2.55. The van der Waals surface area contributed by atoms with E-state index in [1.807, 2.05) is 12.1 Å². The van der Waals surface area contributed by atoms with Gasteiger partial charge in [0.1, 0.15) is 0 Å². The van der Waals surface area contributed by atoms with Crippen molar-refractivity contribution in [1.29, 1.82) is 0 Å². The van der Waals surface area contributed by atoms with Crippen LogP contribution in [0, 0.1) is 3.57 Å². The maximum Gasteiger partial charge on any atom is 0.231 e. The summed E-state index contributed by atoms with van der Waals surface area (Å²) in [4.78, 5) is 0. The highest BCUT2D eigenvalue weighted by molar-refractivity contribution is 14.1. The van der Waals surface area contributed by atoms with Crippen LogP contribution in [0.15, 0.2) is 12.1 Å². The minimum absolute atomic E-state index is 0.284. The second kappa shape index (κ2) is 3.01. The Morgan fingerprint density at radius 1 is 1.42 bits per heavy atom. The molecule has 0 saturated heterocycles. The van der Waals surface area contributed by atoms with Crippen molar-refractivity contribution in [3.05, 3.63) is 15.7 Å². The number of halogens is 1. The Morgan fingerprint density at radius 3 is 3.00 bits per heavy atom. The summed E-state index contributed by atoms with van der Waals surface area (Å²) in [5.41, 5.74) is 0. The van der Waals surface area contributed by atoms with Crippen LogP contribution >= 0.6 is 22.6 Å². The first-order chi connectivity index (χ1) is 5.81. The molecule has 0 aromatic heterocycles. The van der Waals surface area contributed by atoms with Crippen LogP contribution in [0.1, 0.15) is 0 Å². The van der Waals surface area contributed by atoms with Crippen molar-refractivity contribution < 1.29 is 14.2 Å². The second-order valence-electron chi connectivity index (χ2n) is 2.34. The van der Waals surface area contributed by atoms with Crippen molar-refractivity contribution in [2.24, 2.45) is 0 Å². The molecule has 64 valence electrons. The van der Waals surface area contributed by atoms with Gasteiger partial charge in [-0.15, -0.1) is 0 Å². The normalized spacial score (nSPS) is 13.2. The first-order valence-electron chi connectivity index (χ1n) is 3.44. The smallest absolute Gasteiger partial charge is 0.231 e. The van der Waals surface area contributed by atoms with E-state index in [9.17, 15) is 0 Å². The van der Waals surface area contributed by atoms with Crippen LogP contribution in [-0.2, 0) is 0 Å². The molecule has 0 fully saturated rings. The summed E-state index contributed by atoms with van der Waals surface area (Å²) in [5.74, 6) is 2.20. The SMILES string of the molecule is COc1cc(I)cc2c1OCO2. The topological polar surface area (TPSA) is 27.7 Å². The van der Waals surface area contributed by atoms with Crippen LogP contribution in [-0.4, -0.2) is 13.9 Å². The number of ether oxygens (including phenoxy) is 3. The highest BCUT2D eigenvalue weighted by Crippen LogP contribution is 2.41. The molecule has 0 bridgehead atoms. The molecule has 0 aliphatic carbocycles. The third-order valence-corrected chi connectivity index (χ3v) is 2.25. The number of rotatable bonds is 1. The highest BCUT2D eigenvalue weighted by atomic mass is 127. The number of fused-ring (bicyclic) bond motifs is 1. The lowest BCUT2D eigenvalue weighted by Crippen LogP contribution is -1.93. The molecule has 0 radical (unpaired) electrons. The third-order valence-electron chi connectivity index (χ3n) is 1.62.